The molecule has 0 radical (unpaired) electrons. The molecule has 0 saturated heterocycles. The van der Waals surface area contributed by atoms with Crippen molar-refractivity contribution in [1.82, 2.24) is 0 Å². The molecule has 3 aromatic rings. The molecular formula is C23H23NO4. The van der Waals surface area contributed by atoms with Gasteiger partial charge in [0.25, 0.3) is 5.69 Å². The molecule has 0 fully saturated rings. The van der Waals surface area contributed by atoms with Gasteiger partial charge in [0.1, 0.15) is 11.5 Å². The highest BCUT2D eigenvalue weighted by atomic mass is 16.6. The van der Waals surface area contributed by atoms with Crippen LogP contribution in [0.25, 0.3) is 0 Å². The van der Waals surface area contributed by atoms with Gasteiger partial charge in [-0.25, -0.2) is 0 Å². The first-order chi connectivity index (χ1) is 13.2. The lowest BCUT2D eigenvalue weighted by Crippen LogP contribution is -2.07. The number of non-ortho nitro benzene ring substituents is 1. The van der Waals surface area contributed by atoms with Crippen LogP contribution in [-0.4, -0.2) is 15.1 Å². The molecule has 0 aliphatic heterocycles. The molecule has 0 saturated carbocycles. The van der Waals surface area contributed by atoms with Gasteiger partial charge < -0.3 is 10.2 Å². The zero-order chi connectivity index (χ0) is 20.6. The molecule has 5 nitrogen and oxygen atoms in total. The summed E-state index contributed by atoms with van der Waals surface area (Å²) in [4.78, 5) is 10.6. The van der Waals surface area contributed by atoms with Crippen molar-refractivity contribution in [3.05, 3.63) is 97.6 Å². The molecule has 0 aromatic heterocycles. The number of nitro benzene ring substituents is 1. The fourth-order valence-corrected chi connectivity index (χ4v) is 3.74. The molecule has 0 bridgehead atoms. The lowest BCUT2D eigenvalue weighted by molar-refractivity contribution is -0.384. The SMILES string of the molecule is Cc1cc(C)c(O)c(C(c2ccc([N+](=O)[O-])cc2)c2cc(C)cc(C)c2O)c1. The Kier molecular flexibility index (Phi) is 5.10. The number of phenolic OH excluding ortho intramolecular Hbond substituents is 2. The summed E-state index contributed by atoms with van der Waals surface area (Å²) in [6, 6.07) is 13.8. The van der Waals surface area contributed by atoms with Crippen molar-refractivity contribution < 1.29 is 15.1 Å². The molecule has 0 heterocycles. The van der Waals surface area contributed by atoms with Gasteiger partial charge in [-0.3, -0.25) is 10.1 Å². The number of hydrogen-bond acceptors (Lipinski definition) is 4. The van der Waals surface area contributed by atoms with Crippen molar-refractivity contribution >= 4 is 5.69 Å². The maximum Gasteiger partial charge on any atom is 0.269 e. The summed E-state index contributed by atoms with van der Waals surface area (Å²) >= 11 is 0. The van der Waals surface area contributed by atoms with E-state index in [2.05, 4.69) is 0 Å². The van der Waals surface area contributed by atoms with Crippen molar-refractivity contribution in [2.24, 2.45) is 0 Å². The Morgan fingerprint density at radius 3 is 1.61 bits per heavy atom. The Morgan fingerprint density at radius 2 is 1.21 bits per heavy atom. The summed E-state index contributed by atoms with van der Waals surface area (Å²) in [7, 11) is 0. The smallest absolute Gasteiger partial charge is 0.269 e. The summed E-state index contributed by atoms with van der Waals surface area (Å²) in [6.07, 6.45) is 0. The lowest BCUT2D eigenvalue weighted by atomic mass is 9.81. The number of nitro groups is 1. The first kappa shape index (κ1) is 19.4. The summed E-state index contributed by atoms with van der Waals surface area (Å²) in [5.41, 5.74) is 5.53. The van der Waals surface area contributed by atoms with Gasteiger partial charge in [0.15, 0.2) is 0 Å². The molecule has 3 rings (SSSR count). The van der Waals surface area contributed by atoms with E-state index in [1.54, 1.807) is 12.1 Å². The Balaban J connectivity index is 2.31. The molecular weight excluding hydrogens is 354 g/mol. The number of aryl methyl sites for hydroxylation is 4. The quantitative estimate of drug-likeness (QED) is 0.361. The third-order valence-corrected chi connectivity index (χ3v) is 5.01. The minimum Gasteiger partial charge on any atom is -0.507 e. The largest absolute Gasteiger partial charge is 0.507 e. The number of phenols is 2. The van der Waals surface area contributed by atoms with Gasteiger partial charge in [-0.05, 0) is 44.4 Å². The number of hydrogen-bond donors (Lipinski definition) is 2. The van der Waals surface area contributed by atoms with Gasteiger partial charge in [-0.2, -0.15) is 0 Å². The third-order valence-electron chi connectivity index (χ3n) is 5.01. The van der Waals surface area contributed by atoms with Crippen molar-refractivity contribution in [3.63, 3.8) is 0 Å². The monoisotopic (exact) mass is 377 g/mol. The van der Waals surface area contributed by atoms with Crippen LogP contribution in [0.5, 0.6) is 11.5 Å². The average Bonchev–Trinajstić information content (AvgIpc) is 2.63. The fraction of sp³-hybridized carbons (Fsp3) is 0.217. The normalized spacial score (nSPS) is 11.0. The number of benzene rings is 3. The van der Waals surface area contributed by atoms with Gasteiger partial charge in [0.2, 0.25) is 0 Å². The maximum absolute atomic E-state index is 11.0. The first-order valence-corrected chi connectivity index (χ1v) is 9.03. The Labute approximate surface area is 164 Å². The van der Waals surface area contributed by atoms with E-state index in [1.165, 1.54) is 12.1 Å². The fourth-order valence-electron chi connectivity index (χ4n) is 3.74. The molecule has 0 unspecified atom stereocenters. The molecule has 3 aromatic carbocycles. The van der Waals surface area contributed by atoms with Gasteiger partial charge >= 0.3 is 0 Å². The molecule has 0 aliphatic rings. The predicted octanol–water partition coefficient (Wildman–Crippen LogP) is 5.42. The van der Waals surface area contributed by atoms with E-state index in [9.17, 15) is 20.3 Å². The van der Waals surface area contributed by atoms with Crippen LogP contribution in [-0.2, 0) is 0 Å². The van der Waals surface area contributed by atoms with E-state index in [0.717, 1.165) is 27.8 Å². The summed E-state index contributed by atoms with van der Waals surface area (Å²) in [6.45, 7) is 7.56. The van der Waals surface area contributed by atoms with Gasteiger partial charge in [0.05, 0.1) is 4.92 Å². The highest BCUT2D eigenvalue weighted by molar-refractivity contribution is 5.58. The summed E-state index contributed by atoms with van der Waals surface area (Å²) < 4.78 is 0. The van der Waals surface area contributed by atoms with Crippen LogP contribution in [0.4, 0.5) is 5.69 Å². The zero-order valence-electron chi connectivity index (χ0n) is 16.4. The highest BCUT2D eigenvalue weighted by Crippen LogP contribution is 2.43. The minimum absolute atomic E-state index is 0.00297. The van der Waals surface area contributed by atoms with Crippen LogP contribution in [0.3, 0.4) is 0 Å². The van der Waals surface area contributed by atoms with Crippen LogP contribution in [0.2, 0.25) is 0 Å². The molecule has 0 atom stereocenters. The van der Waals surface area contributed by atoms with Crippen LogP contribution >= 0.6 is 0 Å². The van der Waals surface area contributed by atoms with Crippen molar-refractivity contribution in [2.75, 3.05) is 0 Å². The Morgan fingerprint density at radius 1 is 0.786 bits per heavy atom. The number of aromatic hydroxyl groups is 2. The Bertz CT molecular complexity index is 998. The summed E-state index contributed by atoms with van der Waals surface area (Å²) in [5, 5.41) is 32.6. The molecule has 0 spiro atoms. The maximum atomic E-state index is 11.0. The average molecular weight is 377 g/mol. The second kappa shape index (κ2) is 7.35. The second-order valence-electron chi connectivity index (χ2n) is 7.32. The molecule has 0 amide bonds. The van der Waals surface area contributed by atoms with E-state index in [4.69, 9.17) is 0 Å². The standard InChI is InChI=1S/C23H23NO4/c1-13-9-15(3)22(25)19(11-13)21(17-5-7-18(8-6-17)24(27)28)20-12-14(2)10-16(4)23(20)26/h5-12,21,25-26H,1-4H3. The van der Waals surface area contributed by atoms with Crippen molar-refractivity contribution in [1.29, 1.82) is 0 Å². The van der Waals surface area contributed by atoms with E-state index in [-0.39, 0.29) is 17.2 Å². The molecule has 144 valence electrons. The van der Waals surface area contributed by atoms with E-state index >= 15 is 0 Å². The molecule has 5 heteroatoms. The first-order valence-electron chi connectivity index (χ1n) is 9.03. The van der Waals surface area contributed by atoms with Crippen molar-refractivity contribution in [2.45, 2.75) is 33.6 Å². The number of rotatable bonds is 4. The van der Waals surface area contributed by atoms with Crippen LogP contribution in [0, 0.1) is 37.8 Å². The predicted molar refractivity (Wildman–Crippen MR) is 109 cm³/mol. The van der Waals surface area contributed by atoms with Crippen LogP contribution < -0.4 is 0 Å². The molecule has 2 N–H and O–H groups in total. The topological polar surface area (TPSA) is 83.6 Å². The van der Waals surface area contributed by atoms with Crippen molar-refractivity contribution in [3.8, 4) is 11.5 Å². The van der Waals surface area contributed by atoms with Gasteiger partial charge in [-0.15, -0.1) is 0 Å². The Hall–Kier alpha value is -3.34. The second-order valence-corrected chi connectivity index (χ2v) is 7.32. The van der Waals surface area contributed by atoms with Gasteiger partial charge in [-0.1, -0.05) is 47.5 Å². The third kappa shape index (κ3) is 3.56. The highest BCUT2D eigenvalue weighted by Gasteiger charge is 2.25. The minimum atomic E-state index is -0.460. The van der Waals surface area contributed by atoms with E-state index in [1.807, 2.05) is 52.0 Å². The molecule has 0 aliphatic carbocycles. The van der Waals surface area contributed by atoms with Crippen LogP contribution in [0.1, 0.15) is 44.9 Å². The van der Waals surface area contributed by atoms with Gasteiger partial charge in [0, 0.05) is 29.2 Å². The van der Waals surface area contributed by atoms with Crippen LogP contribution in [0.15, 0.2) is 48.5 Å². The van der Waals surface area contributed by atoms with E-state index < -0.39 is 10.8 Å². The van der Waals surface area contributed by atoms with E-state index in [0.29, 0.717) is 11.1 Å². The molecule has 28 heavy (non-hydrogen) atoms. The lowest BCUT2D eigenvalue weighted by Gasteiger charge is -2.23. The number of nitrogens with zero attached hydrogens (tertiary/aromatic N) is 1. The summed E-state index contributed by atoms with van der Waals surface area (Å²) in [5.74, 6) is -0.141. The zero-order valence-corrected chi connectivity index (χ0v) is 16.4.